The Balaban J connectivity index is 2.81. The highest BCUT2D eigenvalue weighted by Gasteiger charge is 2.39. The molecule has 1 aromatic carbocycles. The van der Waals surface area contributed by atoms with Crippen LogP contribution in [0.3, 0.4) is 0 Å². The number of carbonyl (C=O) groups is 2. The van der Waals surface area contributed by atoms with Crippen LogP contribution in [0.15, 0.2) is 36.4 Å². The van der Waals surface area contributed by atoms with Crippen molar-refractivity contribution in [3.05, 3.63) is 42.0 Å². The highest BCUT2D eigenvalue weighted by molar-refractivity contribution is 6.74. The monoisotopic (exact) mass is 362 g/mol. The number of allylic oxidation sites excluding steroid dienone is 1. The van der Waals surface area contributed by atoms with Gasteiger partial charge in [-0.25, -0.2) is 0 Å². The zero-order valence-corrected chi connectivity index (χ0v) is 17.2. The molecule has 0 aliphatic rings. The maximum Gasteiger partial charge on any atom is 0.308 e. The van der Waals surface area contributed by atoms with Crippen molar-refractivity contribution in [2.24, 2.45) is 0 Å². The van der Waals surface area contributed by atoms with Crippen LogP contribution in [-0.2, 0) is 18.8 Å². The first-order chi connectivity index (χ1) is 11.5. The van der Waals surface area contributed by atoms with Gasteiger partial charge >= 0.3 is 5.97 Å². The Hall–Kier alpha value is -1.72. The lowest BCUT2D eigenvalue weighted by atomic mass is 10.1. The largest absolute Gasteiger partial charge is 0.469 e. The van der Waals surface area contributed by atoms with Gasteiger partial charge in [0.05, 0.1) is 19.6 Å². The van der Waals surface area contributed by atoms with Crippen molar-refractivity contribution < 1.29 is 18.8 Å². The van der Waals surface area contributed by atoms with E-state index in [1.54, 1.807) is 12.2 Å². The third kappa shape index (κ3) is 7.36. The maximum absolute atomic E-state index is 12.3. The van der Waals surface area contributed by atoms with E-state index in [2.05, 4.69) is 33.9 Å². The molecular weight excluding hydrogens is 332 g/mol. The Bertz CT molecular complexity index is 600. The fraction of sp³-hybridized carbons (Fsp3) is 0.500. The van der Waals surface area contributed by atoms with Crippen molar-refractivity contribution in [1.29, 1.82) is 0 Å². The van der Waals surface area contributed by atoms with Crippen LogP contribution in [0.2, 0.25) is 18.1 Å². The van der Waals surface area contributed by atoms with Crippen LogP contribution >= 0.6 is 0 Å². The predicted molar refractivity (Wildman–Crippen MR) is 104 cm³/mol. The van der Waals surface area contributed by atoms with Gasteiger partial charge in [-0.3, -0.25) is 9.59 Å². The molecule has 0 aliphatic heterocycles. The van der Waals surface area contributed by atoms with E-state index in [-0.39, 0.29) is 29.6 Å². The van der Waals surface area contributed by atoms with Crippen molar-refractivity contribution in [2.75, 3.05) is 7.11 Å². The minimum Gasteiger partial charge on any atom is -0.469 e. The molecule has 4 nitrogen and oxygen atoms in total. The molecular formula is C20H30O4Si. The Labute approximate surface area is 152 Å². The van der Waals surface area contributed by atoms with Crippen LogP contribution in [0, 0.1) is 0 Å². The first-order valence-corrected chi connectivity index (χ1v) is 11.5. The summed E-state index contributed by atoms with van der Waals surface area (Å²) in [5, 5.41) is 0.00426. The molecule has 0 N–H and O–H groups in total. The van der Waals surface area contributed by atoms with Gasteiger partial charge in [0, 0.05) is 6.42 Å². The van der Waals surface area contributed by atoms with Crippen molar-refractivity contribution >= 4 is 26.1 Å². The summed E-state index contributed by atoms with van der Waals surface area (Å²) in [4.78, 5) is 24.0. The molecule has 0 bridgehead atoms. The number of hydrogen-bond acceptors (Lipinski definition) is 4. The summed E-state index contributed by atoms with van der Waals surface area (Å²) in [5.41, 5.74) is 0.964. The van der Waals surface area contributed by atoms with E-state index in [0.717, 1.165) is 5.56 Å². The van der Waals surface area contributed by atoms with Gasteiger partial charge in [0.2, 0.25) is 0 Å². The minimum absolute atomic E-state index is 0.00426. The van der Waals surface area contributed by atoms with E-state index in [9.17, 15) is 9.59 Å². The SMILES string of the molecule is COC(=O)C[C@@H](CC(=O)/C=C/c1ccccc1)O[Si](C)(C)C(C)(C)C. The van der Waals surface area contributed by atoms with Crippen molar-refractivity contribution in [3.63, 3.8) is 0 Å². The van der Waals surface area contributed by atoms with Gasteiger partial charge in [-0.15, -0.1) is 0 Å². The second-order valence-corrected chi connectivity index (χ2v) is 12.5. The van der Waals surface area contributed by atoms with Crippen LogP contribution in [0.1, 0.15) is 39.2 Å². The average Bonchev–Trinajstić information content (AvgIpc) is 2.52. The summed E-state index contributed by atoms with van der Waals surface area (Å²) in [7, 11) is -0.735. The van der Waals surface area contributed by atoms with E-state index in [0.29, 0.717) is 0 Å². The molecule has 0 amide bonds. The second kappa shape index (κ2) is 9.11. The van der Waals surface area contributed by atoms with Gasteiger partial charge < -0.3 is 9.16 Å². The smallest absolute Gasteiger partial charge is 0.308 e. The molecule has 0 unspecified atom stereocenters. The first kappa shape index (κ1) is 21.3. The van der Waals surface area contributed by atoms with E-state index < -0.39 is 14.4 Å². The Kier molecular flexibility index (Phi) is 7.77. The molecule has 1 atom stereocenters. The number of ether oxygens (including phenoxy) is 1. The number of esters is 1. The molecule has 1 aromatic rings. The second-order valence-electron chi connectivity index (χ2n) is 7.69. The number of benzene rings is 1. The van der Waals surface area contributed by atoms with Crippen LogP contribution in [0.4, 0.5) is 0 Å². The third-order valence-corrected chi connectivity index (χ3v) is 9.11. The number of ketones is 1. The Morgan fingerprint density at radius 2 is 1.72 bits per heavy atom. The zero-order valence-electron chi connectivity index (χ0n) is 16.2. The molecule has 0 aliphatic carbocycles. The van der Waals surface area contributed by atoms with Gasteiger partial charge in [0.1, 0.15) is 0 Å². The lowest BCUT2D eigenvalue weighted by Crippen LogP contribution is -2.44. The van der Waals surface area contributed by atoms with Crippen molar-refractivity contribution in [1.82, 2.24) is 0 Å². The number of hydrogen-bond donors (Lipinski definition) is 0. The van der Waals surface area contributed by atoms with Gasteiger partial charge in [-0.05, 0) is 29.8 Å². The van der Waals surface area contributed by atoms with E-state index in [1.165, 1.54) is 7.11 Å². The van der Waals surface area contributed by atoms with Crippen LogP contribution in [-0.4, -0.2) is 33.3 Å². The van der Waals surface area contributed by atoms with Crippen molar-refractivity contribution in [2.45, 2.75) is 57.8 Å². The average molecular weight is 363 g/mol. The molecule has 0 saturated carbocycles. The molecule has 0 fully saturated rings. The van der Waals surface area contributed by atoms with E-state index in [1.807, 2.05) is 30.3 Å². The fourth-order valence-corrected chi connectivity index (χ4v) is 3.42. The molecule has 0 heterocycles. The number of rotatable bonds is 8. The molecule has 0 aromatic heterocycles. The highest BCUT2D eigenvalue weighted by atomic mass is 28.4. The molecule has 0 saturated heterocycles. The van der Waals surface area contributed by atoms with E-state index >= 15 is 0 Å². The number of methoxy groups -OCH3 is 1. The molecule has 25 heavy (non-hydrogen) atoms. The van der Waals surface area contributed by atoms with Gasteiger partial charge in [-0.1, -0.05) is 57.2 Å². The molecule has 5 heteroatoms. The van der Waals surface area contributed by atoms with E-state index in [4.69, 9.17) is 9.16 Å². The zero-order chi connectivity index (χ0) is 19.1. The lowest BCUT2D eigenvalue weighted by Gasteiger charge is -2.39. The summed E-state index contributed by atoms with van der Waals surface area (Å²) < 4.78 is 11.0. The Morgan fingerprint density at radius 3 is 2.24 bits per heavy atom. The van der Waals surface area contributed by atoms with Gasteiger partial charge in [0.25, 0.3) is 0 Å². The Morgan fingerprint density at radius 1 is 1.12 bits per heavy atom. The van der Waals surface area contributed by atoms with Gasteiger partial charge in [-0.2, -0.15) is 0 Å². The molecule has 0 radical (unpaired) electrons. The standard InChI is InChI=1S/C20H30O4Si/c1-20(2,3)25(5,6)24-18(15-19(22)23-4)14-17(21)13-12-16-10-8-7-9-11-16/h7-13,18H,14-15H2,1-6H3/b13-12+/t18-/m1/s1. The summed E-state index contributed by atoms with van der Waals surface area (Å²) >= 11 is 0. The molecule has 1 rings (SSSR count). The fourth-order valence-electron chi connectivity index (χ4n) is 2.06. The molecule has 138 valence electrons. The number of carbonyl (C=O) groups excluding carboxylic acids is 2. The lowest BCUT2D eigenvalue weighted by molar-refractivity contribution is -0.142. The predicted octanol–water partition coefficient (Wildman–Crippen LogP) is 4.61. The van der Waals surface area contributed by atoms with Crippen LogP contribution in [0.25, 0.3) is 6.08 Å². The van der Waals surface area contributed by atoms with Crippen LogP contribution < -0.4 is 0 Å². The quantitative estimate of drug-likeness (QED) is 0.385. The summed E-state index contributed by atoms with van der Waals surface area (Å²) in [6, 6.07) is 9.64. The topological polar surface area (TPSA) is 52.6 Å². The van der Waals surface area contributed by atoms with Gasteiger partial charge in [0.15, 0.2) is 14.1 Å². The summed E-state index contributed by atoms with van der Waals surface area (Å²) in [6.45, 7) is 10.6. The minimum atomic E-state index is -2.09. The molecule has 0 spiro atoms. The normalized spacial score (nSPS) is 13.7. The van der Waals surface area contributed by atoms with Crippen molar-refractivity contribution in [3.8, 4) is 0 Å². The van der Waals surface area contributed by atoms with Crippen LogP contribution in [0.5, 0.6) is 0 Å². The third-order valence-electron chi connectivity index (χ3n) is 4.58. The maximum atomic E-state index is 12.3. The summed E-state index contributed by atoms with van der Waals surface area (Å²) in [5.74, 6) is -0.417. The highest BCUT2D eigenvalue weighted by Crippen LogP contribution is 2.38. The summed E-state index contributed by atoms with van der Waals surface area (Å²) in [6.07, 6.45) is 3.14. The first-order valence-electron chi connectivity index (χ1n) is 8.56.